The second kappa shape index (κ2) is 8.19. The largest absolute Gasteiger partial charge is 0.445 e. The molecule has 1 aliphatic rings. The molecule has 2 rings (SSSR count). The van der Waals surface area contributed by atoms with E-state index in [1.807, 2.05) is 30.3 Å². The summed E-state index contributed by atoms with van der Waals surface area (Å²) in [6.45, 7) is -0.760. The summed E-state index contributed by atoms with van der Waals surface area (Å²) in [5.74, 6) is 0. The van der Waals surface area contributed by atoms with Crippen LogP contribution in [0.2, 0.25) is 0 Å². The molecule has 1 aromatic carbocycles. The average molecular weight is 330 g/mol. The third-order valence-corrected chi connectivity index (χ3v) is 3.85. The van der Waals surface area contributed by atoms with Crippen molar-refractivity contribution < 1.29 is 22.7 Å². The SMILES string of the molecule is O=C(NC1CCC(NCC(F)(F)F)CC1)OCc1ccccc1. The molecule has 2 N–H and O–H groups in total. The van der Waals surface area contributed by atoms with E-state index in [0.717, 1.165) is 5.56 Å². The highest BCUT2D eigenvalue weighted by molar-refractivity contribution is 5.67. The summed E-state index contributed by atoms with van der Waals surface area (Å²) in [4.78, 5) is 11.7. The Labute approximate surface area is 133 Å². The number of amides is 1. The zero-order chi connectivity index (χ0) is 16.7. The number of ether oxygens (including phenoxy) is 1. The van der Waals surface area contributed by atoms with Gasteiger partial charge >= 0.3 is 12.3 Å². The summed E-state index contributed by atoms with van der Waals surface area (Å²) < 4.78 is 41.6. The Morgan fingerprint density at radius 2 is 1.70 bits per heavy atom. The first kappa shape index (κ1) is 17.6. The Balaban J connectivity index is 1.63. The van der Waals surface area contributed by atoms with Gasteiger partial charge in [-0.05, 0) is 31.2 Å². The van der Waals surface area contributed by atoms with Gasteiger partial charge in [0.25, 0.3) is 0 Å². The van der Waals surface area contributed by atoms with Gasteiger partial charge in [-0.25, -0.2) is 4.79 Å². The molecular weight excluding hydrogens is 309 g/mol. The molecule has 1 aromatic rings. The first-order valence-electron chi connectivity index (χ1n) is 7.70. The van der Waals surface area contributed by atoms with Gasteiger partial charge in [0, 0.05) is 12.1 Å². The molecule has 4 nitrogen and oxygen atoms in total. The molecule has 23 heavy (non-hydrogen) atoms. The average Bonchev–Trinajstić information content (AvgIpc) is 2.53. The highest BCUT2D eigenvalue weighted by Gasteiger charge is 2.29. The van der Waals surface area contributed by atoms with E-state index in [9.17, 15) is 18.0 Å². The predicted octanol–water partition coefficient (Wildman–Crippen LogP) is 3.38. The Kier molecular flexibility index (Phi) is 6.27. The Morgan fingerprint density at radius 3 is 2.30 bits per heavy atom. The summed E-state index contributed by atoms with van der Waals surface area (Å²) in [6.07, 6.45) is -2.15. The maximum absolute atomic E-state index is 12.1. The Morgan fingerprint density at radius 1 is 1.09 bits per heavy atom. The number of carbonyl (C=O) groups is 1. The molecule has 0 aliphatic heterocycles. The van der Waals surface area contributed by atoms with Crippen molar-refractivity contribution in [2.75, 3.05) is 6.54 Å². The number of hydrogen-bond acceptors (Lipinski definition) is 3. The fourth-order valence-electron chi connectivity index (χ4n) is 2.63. The van der Waals surface area contributed by atoms with Gasteiger partial charge in [0.2, 0.25) is 0 Å². The zero-order valence-electron chi connectivity index (χ0n) is 12.7. The van der Waals surface area contributed by atoms with Crippen molar-refractivity contribution >= 4 is 6.09 Å². The highest BCUT2D eigenvalue weighted by Crippen LogP contribution is 2.20. The number of halogens is 3. The number of alkyl halides is 3. The lowest BCUT2D eigenvalue weighted by Gasteiger charge is -2.29. The lowest BCUT2D eigenvalue weighted by molar-refractivity contribution is -0.126. The van der Waals surface area contributed by atoms with Crippen LogP contribution >= 0.6 is 0 Å². The predicted molar refractivity (Wildman–Crippen MR) is 79.9 cm³/mol. The number of alkyl carbamates (subject to hydrolysis) is 1. The number of carbonyl (C=O) groups excluding carboxylic acids is 1. The molecule has 0 radical (unpaired) electrons. The number of hydrogen-bond donors (Lipinski definition) is 2. The third-order valence-electron chi connectivity index (χ3n) is 3.85. The lowest BCUT2D eigenvalue weighted by atomic mass is 9.91. The van der Waals surface area contributed by atoms with Crippen LogP contribution in [-0.4, -0.2) is 30.9 Å². The molecule has 1 aliphatic carbocycles. The lowest BCUT2D eigenvalue weighted by Crippen LogP contribution is -2.44. The summed E-state index contributed by atoms with van der Waals surface area (Å²) in [7, 11) is 0. The maximum atomic E-state index is 12.1. The van der Waals surface area contributed by atoms with E-state index in [1.54, 1.807) is 0 Å². The van der Waals surface area contributed by atoms with E-state index in [2.05, 4.69) is 10.6 Å². The molecule has 1 amide bonds. The van der Waals surface area contributed by atoms with Gasteiger partial charge in [-0.1, -0.05) is 30.3 Å². The highest BCUT2D eigenvalue weighted by atomic mass is 19.4. The third kappa shape index (κ3) is 6.90. The minimum absolute atomic E-state index is 0.0396. The van der Waals surface area contributed by atoms with Gasteiger partial charge in [0.05, 0.1) is 6.54 Å². The second-order valence-electron chi connectivity index (χ2n) is 5.75. The second-order valence-corrected chi connectivity index (χ2v) is 5.75. The quantitative estimate of drug-likeness (QED) is 0.870. The van der Waals surface area contributed by atoms with E-state index in [-0.39, 0.29) is 18.7 Å². The normalized spacial score (nSPS) is 21.7. The fourth-order valence-corrected chi connectivity index (χ4v) is 2.63. The summed E-state index contributed by atoms with van der Waals surface area (Å²) in [6, 6.07) is 9.17. The van der Waals surface area contributed by atoms with Crippen molar-refractivity contribution in [1.82, 2.24) is 10.6 Å². The first-order valence-corrected chi connectivity index (χ1v) is 7.70. The molecule has 0 heterocycles. The van der Waals surface area contributed by atoms with Crippen LogP contribution < -0.4 is 10.6 Å². The number of benzene rings is 1. The minimum Gasteiger partial charge on any atom is -0.445 e. The molecule has 128 valence electrons. The molecule has 0 atom stereocenters. The van der Waals surface area contributed by atoms with Crippen LogP contribution in [0.15, 0.2) is 30.3 Å². The van der Waals surface area contributed by atoms with Crippen molar-refractivity contribution in [3.63, 3.8) is 0 Å². The molecule has 0 aromatic heterocycles. The number of rotatable bonds is 5. The van der Waals surface area contributed by atoms with Crippen molar-refractivity contribution in [2.45, 2.75) is 50.6 Å². The van der Waals surface area contributed by atoms with Gasteiger partial charge in [-0.15, -0.1) is 0 Å². The van der Waals surface area contributed by atoms with Crippen LogP contribution in [-0.2, 0) is 11.3 Å². The molecule has 0 unspecified atom stereocenters. The summed E-state index contributed by atoms with van der Waals surface area (Å²) in [5, 5.41) is 5.28. The van der Waals surface area contributed by atoms with Gasteiger partial charge in [-0.2, -0.15) is 13.2 Å². The van der Waals surface area contributed by atoms with Crippen LogP contribution in [0.1, 0.15) is 31.2 Å². The van der Waals surface area contributed by atoms with E-state index in [4.69, 9.17) is 4.74 Å². The molecule has 1 fully saturated rings. The van der Waals surface area contributed by atoms with E-state index in [1.165, 1.54) is 0 Å². The Bertz CT molecular complexity index is 486. The molecule has 1 saturated carbocycles. The first-order chi connectivity index (χ1) is 10.9. The Hall–Kier alpha value is -1.76. The van der Waals surface area contributed by atoms with Crippen LogP contribution in [0, 0.1) is 0 Å². The summed E-state index contributed by atoms with van der Waals surface area (Å²) >= 11 is 0. The van der Waals surface area contributed by atoms with Crippen LogP contribution in [0.5, 0.6) is 0 Å². The molecular formula is C16H21F3N2O2. The zero-order valence-corrected chi connectivity index (χ0v) is 12.7. The van der Waals surface area contributed by atoms with Gasteiger partial charge < -0.3 is 15.4 Å². The minimum atomic E-state index is -4.18. The topological polar surface area (TPSA) is 50.4 Å². The van der Waals surface area contributed by atoms with Crippen molar-refractivity contribution in [3.8, 4) is 0 Å². The van der Waals surface area contributed by atoms with Gasteiger partial charge in [0.1, 0.15) is 6.61 Å². The molecule has 0 bridgehead atoms. The van der Waals surface area contributed by atoms with Crippen molar-refractivity contribution in [2.24, 2.45) is 0 Å². The smallest absolute Gasteiger partial charge is 0.407 e. The molecule has 7 heteroatoms. The van der Waals surface area contributed by atoms with E-state index in [0.29, 0.717) is 25.7 Å². The standard InChI is InChI=1S/C16H21F3N2O2/c17-16(18,19)11-20-13-6-8-14(9-7-13)21-15(22)23-10-12-4-2-1-3-5-12/h1-5,13-14,20H,6-11H2,(H,21,22). The van der Waals surface area contributed by atoms with E-state index >= 15 is 0 Å². The van der Waals surface area contributed by atoms with Crippen LogP contribution in [0.3, 0.4) is 0 Å². The van der Waals surface area contributed by atoms with Crippen molar-refractivity contribution in [3.05, 3.63) is 35.9 Å². The van der Waals surface area contributed by atoms with Crippen LogP contribution in [0.4, 0.5) is 18.0 Å². The number of nitrogens with one attached hydrogen (secondary N) is 2. The monoisotopic (exact) mass is 330 g/mol. The molecule has 0 saturated heterocycles. The summed E-state index contributed by atoms with van der Waals surface area (Å²) in [5.41, 5.74) is 0.905. The van der Waals surface area contributed by atoms with Crippen LogP contribution in [0.25, 0.3) is 0 Å². The van der Waals surface area contributed by atoms with Crippen molar-refractivity contribution in [1.29, 1.82) is 0 Å². The van der Waals surface area contributed by atoms with E-state index < -0.39 is 18.8 Å². The maximum Gasteiger partial charge on any atom is 0.407 e. The molecule has 0 spiro atoms. The van der Waals surface area contributed by atoms with Gasteiger partial charge in [0.15, 0.2) is 0 Å². The fraction of sp³-hybridized carbons (Fsp3) is 0.562. The van der Waals surface area contributed by atoms with Gasteiger partial charge in [-0.3, -0.25) is 0 Å².